The Balaban J connectivity index is 2.17. The second kappa shape index (κ2) is 5.65. The zero-order chi connectivity index (χ0) is 13.9. The molecule has 0 aliphatic heterocycles. The van der Waals surface area contributed by atoms with Crippen molar-refractivity contribution in [1.82, 2.24) is 10.3 Å². The summed E-state index contributed by atoms with van der Waals surface area (Å²) >= 11 is 6.15. The van der Waals surface area contributed by atoms with Crippen molar-refractivity contribution in [3.05, 3.63) is 65.3 Å². The van der Waals surface area contributed by atoms with E-state index in [2.05, 4.69) is 29.4 Å². The number of hydrogen-bond donors (Lipinski definition) is 1. The van der Waals surface area contributed by atoms with Crippen LogP contribution in [0.25, 0.3) is 10.8 Å². The summed E-state index contributed by atoms with van der Waals surface area (Å²) in [6.07, 6.45) is 5.30. The first kappa shape index (κ1) is 13.2. The van der Waals surface area contributed by atoms with Crippen molar-refractivity contribution in [1.29, 1.82) is 0 Å². The molecule has 0 spiro atoms. The lowest BCUT2D eigenvalue weighted by atomic mass is 9.96. The van der Waals surface area contributed by atoms with Gasteiger partial charge in [0.05, 0.1) is 12.3 Å². The van der Waals surface area contributed by atoms with Gasteiger partial charge in [0, 0.05) is 23.3 Å². The average molecular weight is 287 g/mol. The fraction of sp³-hybridized carbons (Fsp3) is 0.188. The van der Waals surface area contributed by atoms with Gasteiger partial charge in [-0.1, -0.05) is 25.1 Å². The van der Waals surface area contributed by atoms with E-state index >= 15 is 0 Å². The minimum absolute atomic E-state index is 0.0114. The van der Waals surface area contributed by atoms with E-state index in [1.54, 1.807) is 6.26 Å². The van der Waals surface area contributed by atoms with E-state index in [0.29, 0.717) is 5.22 Å². The van der Waals surface area contributed by atoms with Crippen LogP contribution in [0, 0.1) is 0 Å². The molecule has 0 aliphatic rings. The van der Waals surface area contributed by atoms with Gasteiger partial charge in [-0.3, -0.25) is 4.98 Å². The number of fused-ring (bicyclic) bond motifs is 1. The van der Waals surface area contributed by atoms with Gasteiger partial charge in [0.2, 0.25) is 0 Å². The van der Waals surface area contributed by atoms with Gasteiger partial charge in [0.15, 0.2) is 5.22 Å². The van der Waals surface area contributed by atoms with Crippen LogP contribution in [-0.4, -0.2) is 11.5 Å². The molecule has 20 heavy (non-hydrogen) atoms. The molecule has 4 heteroatoms. The Kier molecular flexibility index (Phi) is 3.72. The van der Waals surface area contributed by atoms with Gasteiger partial charge in [-0.2, -0.15) is 0 Å². The van der Waals surface area contributed by atoms with Gasteiger partial charge >= 0.3 is 0 Å². The molecule has 0 amide bonds. The Hall–Kier alpha value is -1.84. The van der Waals surface area contributed by atoms with E-state index in [1.165, 1.54) is 10.9 Å². The Labute approximate surface area is 122 Å². The molecule has 3 rings (SSSR count). The smallest absolute Gasteiger partial charge is 0.198 e. The van der Waals surface area contributed by atoms with Crippen molar-refractivity contribution in [3.8, 4) is 0 Å². The van der Waals surface area contributed by atoms with Crippen LogP contribution in [0.4, 0.5) is 0 Å². The monoisotopic (exact) mass is 286 g/mol. The van der Waals surface area contributed by atoms with Crippen molar-refractivity contribution >= 4 is 22.4 Å². The van der Waals surface area contributed by atoms with Crippen molar-refractivity contribution < 1.29 is 4.42 Å². The molecule has 0 aliphatic carbocycles. The first-order valence-corrected chi connectivity index (χ1v) is 6.98. The summed E-state index contributed by atoms with van der Waals surface area (Å²) in [5.41, 5.74) is 2.13. The highest BCUT2D eigenvalue weighted by molar-refractivity contribution is 6.29. The SMILES string of the molecule is CCNC(c1ccoc1Cl)c1cccc2cnccc12. The largest absolute Gasteiger partial charge is 0.453 e. The Morgan fingerprint density at radius 3 is 2.90 bits per heavy atom. The van der Waals surface area contributed by atoms with E-state index < -0.39 is 0 Å². The summed E-state index contributed by atoms with van der Waals surface area (Å²) < 4.78 is 5.24. The molecule has 0 fully saturated rings. The van der Waals surface area contributed by atoms with E-state index in [1.807, 2.05) is 30.6 Å². The van der Waals surface area contributed by atoms with Crippen molar-refractivity contribution in [2.75, 3.05) is 6.54 Å². The standard InChI is InChI=1S/C16H15ClN2O/c1-2-19-15(14-7-9-20-16(14)17)13-5-3-4-11-10-18-8-6-12(11)13/h3-10,15,19H,2H2,1H3. The third kappa shape index (κ3) is 2.30. The zero-order valence-electron chi connectivity index (χ0n) is 11.1. The third-order valence-electron chi connectivity index (χ3n) is 3.39. The maximum Gasteiger partial charge on any atom is 0.198 e. The minimum Gasteiger partial charge on any atom is -0.453 e. The number of benzene rings is 1. The van der Waals surface area contributed by atoms with Crippen LogP contribution in [0.2, 0.25) is 5.22 Å². The topological polar surface area (TPSA) is 38.1 Å². The normalized spacial score (nSPS) is 12.7. The fourth-order valence-corrected chi connectivity index (χ4v) is 2.72. The van der Waals surface area contributed by atoms with Crippen LogP contribution in [0.5, 0.6) is 0 Å². The first-order valence-electron chi connectivity index (χ1n) is 6.60. The van der Waals surface area contributed by atoms with Crippen molar-refractivity contribution in [2.24, 2.45) is 0 Å². The molecule has 2 heterocycles. The predicted octanol–water partition coefficient (Wildman–Crippen LogP) is 4.18. The lowest BCUT2D eigenvalue weighted by molar-refractivity contribution is 0.555. The third-order valence-corrected chi connectivity index (χ3v) is 3.70. The van der Waals surface area contributed by atoms with Crippen LogP contribution in [0.15, 0.2) is 53.4 Å². The molecule has 102 valence electrons. The lowest BCUT2D eigenvalue weighted by Crippen LogP contribution is -2.22. The lowest BCUT2D eigenvalue weighted by Gasteiger charge is -2.19. The van der Waals surface area contributed by atoms with Crippen molar-refractivity contribution in [2.45, 2.75) is 13.0 Å². The summed E-state index contributed by atoms with van der Waals surface area (Å²) in [5, 5.41) is 6.19. The van der Waals surface area contributed by atoms with Gasteiger partial charge in [-0.05, 0) is 41.2 Å². The number of halogens is 1. The number of pyridine rings is 1. The molecule has 3 aromatic rings. The molecule has 1 N–H and O–H groups in total. The van der Waals surface area contributed by atoms with E-state index in [9.17, 15) is 0 Å². The summed E-state index contributed by atoms with van der Waals surface area (Å²) in [6.45, 7) is 2.92. The second-order valence-electron chi connectivity index (χ2n) is 4.58. The highest BCUT2D eigenvalue weighted by Crippen LogP contribution is 2.32. The summed E-state index contributed by atoms with van der Waals surface area (Å²) in [6, 6.07) is 10.2. The molecular weight excluding hydrogens is 272 g/mol. The van der Waals surface area contributed by atoms with Crippen LogP contribution >= 0.6 is 11.6 Å². The molecule has 0 bridgehead atoms. The number of nitrogens with zero attached hydrogens (tertiary/aromatic N) is 1. The van der Waals surface area contributed by atoms with Gasteiger partial charge in [-0.25, -0.2) is 0 Å². The van der Waals surface area contributed by atoms with Crippen LogP contribution in [0.3, 0.4) is 0 Å². The van der Waals surface area contributed by atoms with Crippen LogP contribution < -0.4 is 5.32 Å². The Morgan fingerprint density at radius 1 is 1.25 bits per heavy atom. The number of hydrogen-bond acceptors (Lipinski definition) is 3. The molecule has 0 radical (unpaired) electrons. The summed E-state index contributed by atoms with van der Waals surface area (Å²) in [5.74, 6) is 0. The summed E-state index contributed by atoms with van der Waals surface area (Å²) in [7, 11) is 0. The maximum atomic E-state index is 6.15. The van der Waals surface area contributed by atoms with E-state index in [0.717, 1.165) is 17.5 Å². The molecule has 3 nitrogen and oxygen atoms in total. The quantitative estimate of drug-likeness (QED) is 0.782. The maximum absolute atomic E-state index is 6.15. The molecule has 0 saturated heterocycles. The second-order valence-corrected chi connectivity index (χ2v) is 4.93. The van der Waals surface area contributed by atoms with Gasteiger partial charge < -0.3 is 9.73 Å². The van der Waals surface area contributed by atoms with Crippen LogP contribution in [-0.2, 0) is 0 Å². The molecule has 0 saturated carbocycles. The van der Waals surface area contributed by atoms with Gasteiger partial charge in [0.1, 0.15) is 0 Å². The Morgan fingerprint density at radius 2 is 2.15 bits per heavy atom. The predicted molar refractivity (Wildman–Crippen MR) is 81.0 cm³/mol. The number of aromatic nitrogens is 1. The summed E-state index contributed by atoms with van der Waals surface area (Å²) in [4.78, 5) is 4.17. The molecule has 1 unspecified atom stereocenters. The first-order chi connectivity index (χ1) is 9.81. The average Bonchev–Trinajstić information content (AvgIpc) is 2.90. The van der Waals surface area contributed by atoms with E-state index in [4.69, 9.17) is 16.0 Å². The highest BCUT2D eigenvalue weighted by Gasteiger charge is 2.19. The molecule has 1 atom stereocenters. The fourth-order valence-electron chi connectivity index (χ4n) is 2.50. The Bertz CT molecular complexity index is 718. The van der Waals surface area contributed by atoms with Crippen molar-refractivity contribution in [3.63, 3.8) is 0 Å². The minimum atomic E-state index is 0.0114. The number of rotatable bonds is 4. The number of nitrogens with one attached hydrogen (secondary N) is 1. The zero-order valence-corrected chi connectivity index (χ0v) is 11.9. The molecule has 1 aromatic carbocycles. The number of furan rings is 1. The van der Waals surface area contributed by atoms with E-state index in [-0.39, 0.29) is 6.04 Å². The molecule has 2 aromatic heterocycles. The van der Waals surface area contributed by atoms with Crippen LogP contribution in [0.1, 0.15) is 24.1 Å². The highest BCUT2D eigenvalue weighted by atomic mass is 35.5. The van der Waals surface area contributed by atoms with Gasteiger partial charge in [-0.15, -0.1) is 0 Å². The molecular formula is C16H15ClN2O. The van der Waals surface area contributed by atoms with Gasteiger partial charge in [0.25, 0.3) is 0 Å².